The molecular formula is C22H24N4OS. The van der Waals surface area contributed by atoms with Gasteiger partial charge in [0.1, 0.15) is 15.4 Å². The largest absolute Gasteiger partial charge is 0.420 e. The van der Waals surface area contributed by atoms with Crippen molar-refractivity contribution >= 4 is 21.7 Å². The number of nitrogens with zero attached hydrogens (tertiary/aromatic N) is 4. The number of pyridine rings is 1. The Labute approximate surface area is 168 Å². The van der Waals surface area contributed by atoms with Crippen LogP contribution in [0.15, 0.2) is 47.0 Å². The van der Waals surface area contributed by atoms with E-state index in [9.17, 15) is 0 Å². The summed E-state index contributed by atoms with van der Waals surface area (Å²) < 4.78 is 5.84. The van der Waals surface area contributed by atoms with Crippen LogP contribution >= 0.6 is 11.3 Å². The number of hydrogen-bond acceptors (Lipinski definition) is 6. The molecule has 0 aliphatic rings. The van der Waals surface area contributed by atoms with E-state index in [1.807, 2.05) is 30.5 Å². The molecule has 1 aromatic carbocycles. The van der Waals surface area contributed by atoms with Crippen molar-refractivity contribution in [3.05, 3.63) is 59.1 Å². The summed E-state index contributed by atoms with van der Waals surface area (Å²) in [5.74, 6) is 1.21. The molecule has 0 saturated carbocycles. The molecule has 6 heteroatoms. The fourth-order valence-electron chi connectivity index (χ4n) is 3.05. The van der Waals surface area contributed by atoms with Gasteiger partial charge >= 0.3 is 0 Å². The van der Waals surface area contributed by atoms with Crippen LogP contribution in [-0.4, -0.2) is 20.2 Å². The van der Waals surface area contributed by atoms with Crippen LogP contribution in [0, 0.1) is 0 Å². The minimum Gasteiger partial charge on any atom is -0.420 e. The molecule has 0 amide bonds. The van der Waals surface area contributed by atoms with E-state index in [1.54, 1.807) is 11.3 Å². The van der Waals surface area contributed by atoms with Crippen LogP contribution in [0.2, 0.25) is 0 Å². The lowest BCUT2D eigenvalue weighted by Gasteiger charge is -2.22. The molecule has 0 unspecified atom stereocenters. The van der Waals surface area contributed by atoms with Gasteiger partial charge in [0.25, 0.3) is 0 Å². The fraction of sp³-hybridized carbons (Fsp3) is 0.364. The Hall–Kier alpha value is -2.60. The molecule has 0 bridgehead atoms. The summed E-state index contributed by atoms with van der Waals surface area (Å²) in [6.07, 6.45) is 2.71. The van der Waals surface area contributed by atoms with Gasteiger partial charge in [-0.25, -0.2) is 9.97 Å². The molecular weight excluding hydrogens is 368 g/mol. The highest BCUT2D eigenvalue weighted by Gasteiger charge is 2.26. The van der Waals surface area contributed by atoms with Gasteiger partial charge in [-0.05, 0) is 36.2 Å². The number of thiazole rings is 1. The topological polar surface area (TPSA) is 64.7 Å². The van der Waals surface area contributed by atoms with Gasteiger partial charge in [-0.1, -0.05) is 58.1 Å². The Morgan fingerprint density at radius 3 is 2.36 bits per heavy atom. The summed E-state index contributed by atoms with van der Waals surface area (Å²) in [7, 11) is 0. The van der Waals surface area contributed by atoms with Gasteiger partial charge < -0.3 is 4.42 Å². The van der Waals surface area contributed by atoms with Crippen molar-refractivity contribution in [1.29, 1.82) is 0 Å². The first kappa shape index (κ1) is 18.7. The second-order valence-corrected chi connectivity index (χ2v) is 9.74. The summed E-state index contributed by atoms with van der Waals surface area (Å²) >= 11 is 1.67. The van der Waals surface area contributed by atoms with Crippen LogP contribution in [0.5, 0.6) is 0 Å². The molecule has 5 nitrogen and oxygen atoms in total. The lowest BCUT2D eigenvalue weighted by Crippen LogP contribution is -2.20. The van der Waals surface area contributed by atoms with E-state index in [4.69, 9.17) is 9.40 Å². The Morgan fingerprint density at radius 1 is 0.964 bits per heavy atom. The number of aromatic nitrogens is 4. The van der Waals surface area contributed by atoms with Gasteiger partial charge in [0.05, 0.1) is 0 Å². The SMILES string of the molecule is CC(C)(C)c1nnc(-c2ccc(CC(C)(C)c3nc4cccnc4s3)cc2)o1. The van der Waals surface area contributed by atoms with Crippen molar-refractivity contribution in [1.82, 2.24) is 20.2 Å². The smallest absolute Gasteiger partial charge is 0.247 e. The number of hydrogen-bond donors (Lipinski definition) is 0. The second kappa shape index (κ2) is 6.78. The van der Waals surface area contributed by atoms with Crippen LogP contribution < -0.4 is 0 Å². The summed E-state index contributed by atoms with van der Waals surface area (Å²) in [6.45, 7) is 10.6. The van der Waals surface area contributed by atoms with Gasteiger partial charge in [-0.15, -0.1) is 10.2 Å². The monoisotopic (exact) mass is 392 g/mol. The first-order valence-corrected chi connectivity index (χ1v) is 10.2. The molecule has 3 aromatic heterocycles. The highest BCUT2D eigenvalue weighted by Crippen LogP contribution is 2.33. The van der Waals surface area contributed by atoms with Crippen LogP contribution in [0.25, 0.3) is 21.8 Å². The van der Waals surface area contributed by atoms with Gasteiger partial charge in [0, 0.05) is 22.6 Å². The van der Waals surface area contributed by atoms with E-state index in [1.165, 1.54) is 5.56 Å². The van der Waals surface area contributed by atoms with E-state index < -0.39 is 0 Å². The van der Waals surface area contributed by atoms with Crippen LogP contribution in [0.4, 0.5) is 0 Å². The average Bonchev–Trinajstić information content (AvgIpc) is 3.29. The number of fused-ring (bicyclic) bond motifs is 1. The molecule has 144 valence electrons. The standard InChI is InChI=1S/C22H24N4OS/c1-21(2,3)19-26-25-17(27-19)15-10-8-14(9-11-15)13-22(4,5)20-24-16-7-6-12-23-18(16)28-20/h6-12H,13H2,1-5H3. The third-order valence-electron chi connectivity index (χ3n) is 4.66. The molecule has 4 rings (SSSR count). The third kappa shape index (κ3) is 3.69. The zero-order chi connectivity index (χ0) is 19.9. The van der Waals surface area contributed by atoms with Crippen molar-refractivity contribution in [2.24, 2.45) is 0 Å². The highest BCUT2D eigenvalue weighted by atomic mass is 32.1. The first-order chi connectivity index (χ1) is 13.2. The summed E-state index contributed by atoms with van der Waals surface area (Å²) in [5.41, 5.74) is 2.93. The third-order valence-corrected chi connectivity index (χ3v) is 6.00. The van der Waals surface area contributed by atoms with Crippen molar-refractivity contribution in [3.8, 4) is 11.5 Å². The minimum atomic E-state index is -0.151. The highest BCUT2D eigenvalue weighted by molar-refractivity contribution is 7.18. The van der Waals surface area contributed by atoms with E-state index in [0.29, 0.717) is 11.8 Å². The van der Waals surface area contributed by atoms with E-state index >= 15 is 0 Å². The van der Waals surface area contributed by atoms with Crippen molar-refractivity contribution in [2.75, 3.05) is 0 Å². The normalized spacial score (nSPS) is 12.6. The fourth-order valence-corrected chi connectivity index (χ4v) is 4.06. The van der Waals surface area contributed by atoms with Gasteiger partial charge in [-0.3, -0.25) is 0 Å². The minimum absolute atomic E-state index is 0.0726. The van der Waals surface area contributed by atoms with Crippen molar-refractivity contribution < 1.29 is 4.42 Å². The predicted molar refractivity (Wildman–Crippen MR) is 113 cm³/mol. The zero-order valence-electron chi connectivity index (χ0n) is 16.9. The van der Waals surface area contributed by atoms with Gasteiger partial charge in [0.2, 0.25) is 11.8 Å². The summed E-state index contributed by atoms with van der Waals surface area (Å²) in [5, 5.41) is 9.48. The quantitative estimate of drug-likeness (QED) is 0.455. The number of benzene rings is 1. The van der Waals surface area contributed by atoms with E-state index in [-0.39, 0.29) is 10.8 Å². The Morgan fingerprint density at radius 2 is 1.71 bits per heavy atom. The Kier molecular flexibility index (Phi) is 4.54. The van der Waals surface area contributed by atoms with Crippen LogP contribution in [-0.2, 0) is 17.3 Å². The van der Waals surface area contributed by atoms with E-state index in [2.05, 4.69) is 61.9 Å². The molecule has 28 heavy (non-hydrogen) atoms. The predicted octanol–water partition coefficient (Wildman–Crippen LogP) is 5.56. The van der Waals surface area contributed by atoms with Gasteiger partial charge in [0.15, 0.2) is 0 Å². The molecule has 4 aromatic rings. The lowest BCUT2D eigenvalue weighted by atomic mass is 9.86. The lowest BCUT2D eigenvalue weighted by molar-refractivity contribution is 0.399. The van der Waals surface area contributed by atoms with Gasteiger partial charge in [-0.2, -0.15) is 0 Å². The van der Waals surface area contributed by atoms with Crippen LogP contribution in [0.3, 0.4) is 0 Å². The maximum atomic E-state index is 5.84. The molecule has 0 atom stereocenters. The zero-order valence-corrected chi connectivity index (χ0v) is 17.7. The van der Waals surface area contributed by atoms with Crippen LogP contribution in [0.1, 0.15) is 51.1 Å². The summed E-state index contributed by atoms with van der Waals surface area (Å²) in [6, 6.07) is 12.3. The molecule has 0 N–H and O–H groups in total. The molecule has 0 fully saturated rings. The molecule has 3 heterocycles. The maximum absolute atomic E-state index is 5.84. The number of rotatable bonds is 4. The molecule has 0 radical (unpaired) electrons. The summed E-state index contributed by atoms with van der Waals surface area (Å²) in [4.78, 5) is 10.2. The molecule has 0 aliphatic heterocycles. The van der Waals surface area contributed by atoms with Crippen molar-refractivity contribution in [2.45, 2.75) is 51.9 Å². The van der Waals surface area contributed by atoms with E-state index in [0.717, 1.165) is 27.3 Å². The Bertz CT molecular complexity index is 1070. The molecule has 0 aliphatic carbocycles. The Balaban J connectivity index is 1.54. The second-order valence-electron chi connectivity index (χ2n) is 8.77. The molecule has 0 saturated heterocycles. The maximum Gasteiger partial charge on any atom is 0.247 e. The first-order valence-electron chi connectivity index (χ1n) is 9.38. The average molecular weight is 393 g/mol. The molecule has 0 spiro atoms. The van der Waals surface area contributed by atoms with Crippen molar-refractivity contribution in [3.63, 3.8) is 0 Å².